The van der Waals surface area contributed by atoms with Crippen molar-refractivity contribution in [3.05, 3.63) is 15.8 Å². The standard InChI is InChI=1S/C11H18N4O4/c1-6(2)8(5-9(16)17)12-11-10(15(18)19)7(3)13-14(11)4/h6,8,12H,5H2,1-4H3,(H,16,17). The third-order valence-corrected chi connectivity index (χ3v) is 2.89. The van der Waals surface area contributed by atoms with Crippen molar-refractivity contribution in [3.8, 4) is 0 Å². The predicted molar refractivity (Wildman–Crippen MR) is 69.1 cm³/mol. The molecule has 0 aliphatic heterocycles. The van der Waals surface area contributed by atoms with E-state index >= 15 is 0 Å². The van der Waals surface area contributed by atoms with Gasteiger partial charge in [0.2, 0.25) is 5.82 Å². The largest absolute Gasteiger partial charge is 0.481 e. The number of aliphatic carboxylic acids is 1. The summed E-state index contributed by atoms with van der Waals surface area (Å²) in [6, 6.07) is -0.397. The van der Waals surface area contributed by atoms with Crippen molar-refractivity contribution in [1.29, 1.82) is 0 Å². The lowest BCUT2D eigenvalue weighted by Gasteiger charge is -2.21. The molecule has 19 heavy (non-hydrogen) atoms. The molecule has 8 heteroatoms. The second kappa shape index (κ2) is 5.68. The molecular weight excluding hydrogens is 252 g/mol. The van der Waals surface area contributed by atoms with Gasteiger partial charge >= 0.3 is 11.7 Å². The Morgan fingerprint density at radius 1 is 1.58 bits per heavy atom. The van der Waals surface area contributed by atoms with Crippen LogP contribution >= 0.6 is 0 Å². The molecule has 1 unspecified atom stereocenters. The van der Waals surface area contributed by atoms with E-state index in [9.17, 15) is 14.9 Å². The van der Waals surface area contributed by atoms with Gasteiger partial charge in [-0.15, -0.1) is 0 Å². The van der Waals surface area contributed by atoms with Gasteiger partial charge in [-0.3, -0.25) is 14.9 Å². The number of anilines is 1. The minimum atomic E-state index is -0.951. The van der Waals surface area contributed by atoms with Crippen molar-refractivity contribution in [1.82, 2.24) is 9.78 Å². The van der Waals surface area contributed by atoms with E-state index in [1.54, 1.807) is 14.0 Å². The molecule has 0 radical (unpaired) electrons. The van der Waals surface area contributed by atoms with Gasteiger partial charge in [-0.25, -0.2) is 4.68 Å². The second-order valence-corrected chi connectivity index (χ2v) is 4.76. The van der Waals surface area contributed by atoms with Gasteiger partial charge in [-0.05, 0) is 12.8 Å². The Hall–Kier alpha value is -2.12. The van der Waals surface area contributed by atoms with Gasteiger partial charge in [-0.2, -0.15) is 5.10 Å². The molecule has 1 rings (SSSR count). The van der Waals surface area contributed by atoms with Crippen LogP contribution in [0.4, 0.5) is 11.5 Å². The summed E-state index contributed by atoms with van der Waals surface area (Å²) in [4.78, 5) is 21.3. The SMILES string of the molecule is Cc1nn(C)c(NC(CC(=O)O)C(C)C)c1[N+](=O)[O-]. The average Bonchev–Trinajstić information content (AvgIpc) is 2.51. The van der Waals surface area contributed by atoms with Crippen LogP contribution in [-0.4, -0.2) is 31.8 Å². The van der Waals surface area contributed by atoms with Gasteiger partial charge in [0.25, 0.3) is 0 Å². The summed E-state index contributed by atoms with van der Waals surface area (Å²) in [6.07, 6.45) is -0.112. The van der Waals surface area contributed by atoms with E-state index in [0.29, 0.717) is 5.69 Å². The zero-order valence-corrected chi connectivity index (χ0v) is 11.4. The smallest absolute Gasteiger partial charge is 0.333 e. The van der Waals surface area contributed by atoms with Crippen molar-refractivity contribution >= 4 is 17.5 Å². The fourth-order valence-electron chi connectivity index (χ4n) is 1.84. The quantitative estimate of drug-likeness (QED) is 0.599. The molecule has 0 spiro atoms. The van der Waals surface area contributed by atoms with Crippen LogP contribution in [0.3, 0.4) is 0 Å². The minimum absolute atomic E-state index is 0.0194. The Balaban J connectivity index is 3.09. The summed E-state index contributed by atoms with van der Waals surface area (Å²) >= 11 is 0. The molecule has 0 amide bonds. The number of carbonyl (C=O) groups is 1. The summed E-state index contributed by atoms with van der Waals surface area (Å²) in [7, 11) is 1.58. The maximum atomic E-state index is 11.0. The van der Waals surface area contributed by atoms with Gasteiger partial charge in [0.05, 0.1) is 11.3 Å². The van der Waals surface area contributed by atoms with Crippen molar-refractivity contribution < 1.29 is 14.8 Å². The van der Waals surface area contributed by atoms with E-state index < -0.39 is 16.9 Å². The number of hydrogen-bond donors (Lipinski definition) is 2. The number of nitrogens with zero attached hydrogens (tertiary/aromatic N) is 3. The highest BCUT2D eigenvalue weighted by Crippen LogP contribution is 2.29. The van der Waals surface area contributed by atoms with Gasteiger partial charge < -0.3 is 10.4 Å². The Kier molecular flexibility index (Phi) is 4.47. The Labute approximate surface area is 110 Å². The second-order valence-electron chi connectivity index (χ2n) is 4.76. The number of nitro groups is 1. The fourth-order valence-corrected chi connectivity index (χ4v) is 1.84. The van der Waals surface area contributed by atoms with Gasteiger partial charge in [0.15, 0.2) is 0 Å². The first-order chi connectivity index (χ1) is 8.73. The fraction of sp³-hybridized carbons (Fsp3) is 0.636. The van der Waals surface area contributed by atoms with Crippen LogP contribution in [0.2, 0.25) is 0 Å². The molecule has 0 aliphatic rings. The van der Waals surface area contributed by atoms with Crippen molar-refractivity contribution in [3.63, 3.8) is 0 Å². The van der Waals surface area contributed by atoms with Gasteiger partial charge in [-0.1, -0.05) is 13.8 Å². The average molecular weight is 270 g/mol. The zero-order chi connectivity index (χ0) is 14.7. The number of aromatic nitrogens is 2. The molecule has 0 fully saturated rings. The third-order valence-electron chi connectivity index (χ3n) is 2.89. The Morgan fingerprint density at radius 3 is 2.58 bits per heavy atom. The van der Waals surface area contributed by atoms with E-state index in [1.165, 1.54) is 4.68 Å². The first-order valence-corrected chi connectivity index (χ1v) is 5.90. The topological polar surface area (TPSA) is 110 Å². The third kappa shape index (κ3) is 3.43. The minimum Gasteiger partial charge on any atom is -0.481 e. The maximum Gasteiger partial charge on any atom is 0.333 e. The molecule has 0 aliphatic carbocycles. The number of hydrogen-bond acceptors (Lipinski definition) is 5. The summed E-state index contributed by atoms with van der Waals surface area (Å²) in [6.45, 7) is 5.26. The maximum absolute atomic E-state index is 11.0. The lowest BCUT2D eigenvalue weighted by Crippen LogP contribution is -2.29. The van der Waals surface area contributed by atoms with Crippen molar-refractivity contribution in [2.24, 2.45) is 13.0 Å². The van der Waals surface area contributed by atoms with Crippen LogP contribution in [0.15, 0.2) is 0 Å². The van der Waals surface area contributed by atoms with E-state index in [0.717, 1.165) is 0 Å². The van der Waals surface area contributed by atoms with E-state index in [2.05, 4.69) is 10.4 Å². The number of carboxylic acids is 1. The van der Waals surface area contributed by atoms with Crippen molar-refractivity contribution in [2.75, 3.05) is 5.32 Å². The van der Waals surface area contributed by atoms with Crippen LogP contribution in [0, 0.1) is 23.0 Å². The molecule has 0 aromatic carbocycles. The molecule has 0 saturated heterocycles. The highest BCUT2D eigenvalue weighted by Gasteiger charge is 2.27. The molecule has 8 nitrogen and oxygen atoms in total. The van der Waals surface area contributed by atoms with Crippen molar-refractivity contribution in [2.45, 2.75) is 33.2 Å². The zero-order valence-electron chi connectivity index (χ0n) is 11.4. The molecule has 0 bridgehead atoms. The lowest BCUT2D eigenvalue weighted by atomic mass is 10.0. The van der Waals surface area contributed by atoms with Gasteiger partial charge in [0.1, 0.15) is 5.69 Å². The molecule has 106 valence electrons. The van der Waals surface area contributed by atoms with Crippen LogP contribution in [0.1, 0.15) is 26.0 Å². The molecule has 2 N–H and O–H groups in total. The first kappa shape index (κ1) is 14.9. The van der Waals surface area contributed by atoms with Crippen LogP contribution in [0.5, 0.6) is 0 Å². The number of rotatable bonds is 6. The normalized spacial score (nSPS) is 12.5. The predicted octanol–water partition coefficient (Wildman–Crippen LogP) is 1.55. The Bertz CT molecular complexity index is 495. The molecule has 0 saturated carbocycles. The monoisotopic (exact) mass is 270 g/mol. The molecule has 1 heterocycles. The lowest BCUT2D eigenvalue weighted by molar-refractivity contribution is -0.384. The van der Waals surface area contributed by atoms with Crippen LogP contribution in [-0.2, 0) is 11.8 Å². The summed E-state index contributed by atoms with van der Waals surface area (Å²) < 4.78 is 1.37. The van der Waals surface area contributed by atoms with E-state index in [-0.39, 0.29) is 23.8 Å². The van der Waals surface area contributed by atoms with Gasteiger partial charge in [0, 0.05) is 13.1 Å². The van der Waals surface area contributed by atoms with Crippen LogP contribution in [0.25, 0.3) is 0 Å². The summed E-state index contributed by atoms with van der Waals surface area (Å²) in [5, 5.41) is 26.8. The highest BCUT2D eigenvalue weighted by molar-refractivity contribution is 5.69. The van der Waals surface area contributed by atoms with E-state index in [1.807, 2.05) is 13.8 Å². The number of carboxylic acid groups (broad SMARTS) is 1. The number of nitrogens with one attached hydrogen (secondary N) is 1. The number of aryl methyl sites for hydroxylation is 2. The van der Waals surface area contributed by atoms with Crippen LogP contribution < -0.4 is 5.32 Å². The molecule has 1 aromatic rings. The highest BCUT2D eigenvalue weighted by atomic mass is 16.6. The summed E-state index contributed by atoms with van der Waals surface area (Å²) in [5.74, 6) is -0.693. The molecular formula is C11H18N4O4. The summed E-state index contributed by atoms with van der Waals surface area (Å²) in [5.41, 5.74) is 0.186. The molecule has 1 atom stereocenters. The van der Waals surface area contributed by atoms with E-state index in [4.69, 9.17) is 5.11 Å². The first-order valence-electron chi connectivity index (χ1n) is 5.90. The molecule has 1 aromatic heterocycles. The Morgan fingerprint density at radius 2 is 2.16 bits per heavy atom.